The second-order valence-electron chi connectivity index (χ2n) is 6.61. The molecule has 1 unspecified atom stereocenters. The summed E-state index contributed by atoms with van der Waals surface area (Å²) >= 11 is 0. The molecule has 1 N–H and O–H groups in total. The Morgan fingerprint density at radius 3 is 2.85 bits per heavy atom. The minimum absolute atomic E-state index is 0.0197. The molecule has 1 aliphatic carbocycles. The molecule has 1 heterocycles. The average Bonchev–Trinajstić information content (AvgIpc) is 2.39. The normalized spacial score (nSPS) is 28.1. The van der Waals surface area contributed by atoms with Crippen LogP contribution in [0.4, 0.5) is 0 Å². The molecule has 0 aromatic heterocycles. The highest BCUT2D eigenvalue weighted by Gasteiger charge is 2.35. The number of nitrogens with zero attached hydrogens (tertiary/aromatic N) is 2. The molecule has 1 aliphatic heterocycles. The van der Waals surface area contributed by atoms with Gasteiger partial charge in [-0.3, -0.25) is 9.69 Å². The predicted octanol–water partition coefficient (Wildman–Crippen LogP) is 1.79. The van der Waals surface area contributed by atoms with E-state index < -0.39 is 5.60 Å². The number of amides is 1. The van der Waals surface area contributed by atoms with Gasteiger partial charge in [-0.15, -0.1) is 0 Å². The molecule has 4 nitrogen and oxygen atoms in total. The van der Waals surface area contributed by atoms with Crippen molar-refractivity contribution in [1.29, 1.82) is 0 Å². The average molecular weight is 280 g/mol. The largest absolute Gasteiger partial charge is 0.388 e. The second kappa shape index (κ2) is 6.72. The number of carbonyl (C=O) groups is 1. The maximum atomic E-state index is 11.8. The van der Waals surface area contributed by atoms with E-state index >= 15 is 0 Å². The van der Waals surface area contributed by atoms with Gasteiger partial charge in [0, 0.05) is 27.2 Å². The third kappa shape index (κ3) is 4.32. The molecule has 1 saturated heterocycles. The minimum Gasteiger partial charge on any atom is -0.388 e. The molecule has 1 amide bonds. The molecule has 2 rings (SSSR count). The van der Waals surface area contributed by atoms with Crippen molar-refractivity contribution in [2.24, 2.45) is 0 Å². The monoisotopic (exact) mass is 280 g/mol. The highest BCUT2D eigenvalue weighted by Crippen LogP contribution is 2.27. The lowest BCUT2D eigenvalue weighted by molar-refractivity contribution is -0.136. The number of β-amino-alcohol motifs (C(OH)–C–C–N with tert-alkyl or cyclic N) is 1. The van der Waals surface area contributed by atoms with Crippen molar-refractivity contribution in [3.63, 3.8) is 0 Å². The maximum absolute atomic E-state index is 11.8. The highest BCUT2D eigenvalue weighted by atomic mass is 16.3. The first-order chi connectivity index (χ1) is 9.48. The molecule has 0 spiro atoms. The maximum Gasteiger partial charge on any atom is 0.224 e. The lowest BCUT2D eigenvalue weighted by atomic mass is 9.88. The Balaban J connectivity index is 1.90. The van der Waals surface area contributed by atoms with Crippen LogP contribution in [0.15, 0.2) is 11.6 Å². The van der Waals surface area contributed by atoms with Crippen molar-refractivity contribution in [2.75, 3.05) is 33.7 Å². The Hall–Kier alpha value is -0.870. The zero-order chi connectivity index (χ0) is 14.6. The van der Waals surface area contributed by atoms with Crippen molar-refractivity contribution < 1.29 is 9.90 Å². The predicted molar refractivity (Wildman–Crippen MR) is 80.5 cm³/mol. The van der Waals surface area contributed by atoms with Crippen LogP contribution in [0.2, 0.25) is 0 Å². The Labute approximate surface area is 122 Å². The van der Waals surface area contributed by atoms with Gasteiger partial charge in [0.1, 0.15) is 0 Å². The summed E-state index contributed by atoms with van der Waals surface area (Å²) in [6.45, 7) is 2.64. The Kier molecular flexibility index (Phi) is 5.22. The van der Waals surface area contributed by atoms with Gasteiger partial charge in [-0.2, -0.15) is 0 Å². The molecule has 20 heavy (non-hydrogen) atoms. The molecule has 1 fully saturated rings. The summed E-state index contributed by atoms with van der Waals surface area (Å²) in [5.74, 6) is 0.0197. The fourth-order valence-corrected chi connectivity index (χ4v) is 3.26. The summed E-state index contributed by atoms with van der Waals surface area (Å²) in [4.78, 5) is 15.7. The van der Waals surface area contributed by atoms with Crippen LogP contribution in [-0.4, -0.2) is 60.1 Å². The first-order valence-corrected chi connectivity index (χ1v) is 7.81. The number of aliphatic hydroxyl groups is 1. The smallest absolute Gasteiger partial charge is 0.224 e. The second-order valence-corrected chi connectivity index (χ2v) is 6.61. The van der Waals surface area contributed by atoms with Gasteiger partial charge in [-0.25, -0.2) is 0 Å². The zero-order valence-electron chi connectivity index (χ0n) is 12.9. The summed E-state index contributed by atoms with van der Waals surface area (Å²) < 4.78 is 0. The van der Waals surface area contributed by atoms with Gasteiger partial charge in [0.05, 0.1) is 12.0 Å². The first kappa shape index (κ1) is 15.5. The lowest BCUT2D eigenvalue weighted by Gasteiger charge is -2.40. The summed E-state index contributed by atoms with van der Waals surface area (Å²) in [7, 11) is 3.50. The third-order valence-corrected chi connectivity index (χ3v) is 4.43. The highest BCUT2D eigenvalue weighted by molar-refractivity contribution is 5.76. The molecule has 114 valence electrons. The topological polar surface area (TPSA) is 43.8 Å². The van der Waals surface area contributed by atoms with Gasteiger partial charge < -0.3 is 10.0 Å². The molecular weight excluding hydrogens is 252 g/mol. The van der Waals surface area contributed by atoms with Gasteiger partial charge in [-0.1, -0.05) is 11.6 Å². The SMILES string of the molecule is CN(C)C(=O)CC1(O)CCCN(CC2=CCCCC2)C1. The lowest BCUT2D eigenvalue weighted by Crippen LogP contribution is -2.50. The van der Waals surface area contributed by atoms with Crippen molar-refractivity contribution in [3.05, 3.63) is 11.6 Å². The molecule has 0 aromatic carbocycles. The number of hydrogen-bond acceptors (Lipinski definition) is 3. The van der Waals surface area contributed by atoms with Crippen molar-refractivity contribution in [1.82, 2.24) is 9.80 Å². The van der Waals surface area contributed by atoms with Crippen LogP contribution in [0.1, 0.15) is 44.9 Å². The molecule has 1 atom stereocenters. The van der Waals surface area contributed by atoms with E-state index in [9.17, 15) is 9.90 Å². The van der Waals surface area contributed by atoms with E-state index in [1.54, 1.807) is 19.0 Å². The third-order valence-electron chi connectivity index (χ3n) is 4.43. The summed E-state index contributed by atoms with van der Waals surface area (Å²) in [6.07, 6.45) is 9.33. The van der Waals surface area contributed by atoms with Crippen molar-refractivity contribution in [3.8, 4) is 0 Å². The number of likely N-dealkylation sites (tertiary alicyclic amines) is 1. The summed E-state index contributed by atoms with van der Waals surface area (Å²) in [5.41, 5.74) is 0.675. The first-order valence-electron chi connectivity index (χ1n) is 7.81. The van der Waals surface area contributed by atoms with Crippen molar-refractivity contribution >= 4 is 5.91 Å². The van der Waals surface area contributed by atoms with Crippen LogP contribution < -0.4 is 0 Å². The van der Waals surface area contributed by atoms with E-state index in [-0.39, 0.29) is 12.3 Å². The minimum atomic E-state index is -0.838. The quantitative estimate of drug-likeness (QED) is 0.799. The molecular formula is C16H28N2O2. The van der Waals surface area contributed by atoms with Gasteiger partial charge >= 0.3 is 0 Å². The van der Waals surface area contributed by atoms with Crippen LogP contribution in [-0.2, 0) is 4.79 Å². The molecule has 2 aliphatic rings. The van der Waals surface area contributed by atoms with E-state index in [2.05, 4.69) is 11.0 Å². The fraction of sp³-hybridized carbons (Fsp3) is 0.812. The molecule has 0 bridgehead atoms. The van der Waals surface area contributed by atoms with Crippen LogP contribution >= 0.6 is 0 Å². The van der Waals surface area contributed by atoms with Gasteiger partial charge in [0.25, 0.3) is 0 Å². The van der Waals surface area contributed by atoms with E-state index in [0.29, 0.717) is 6.54 Å². The van der Waals surface area contributed by atoms with E-state index in [0.717, 1.165) is 25.9 Å². The molecule has 0 saturated carbocycles. The standard InChI is InChI=1S/C16H28N2O2/c1-17(2)15(19)11-16(20)9-6-10-18(13-16)12-14-7-4-3-5-8-14/h7,20H,3-6,8-13H2,1-2H3. The van der Waals surface area contributed by atoms with Crippen molar-refractivity contribution in [2.45, 2.75) is 50.5 Å². The van der Waals surface area contributed by atoms with Gasteiger partial charge in [0.15, 0.2) is 0 Å². The summed E-state index contributed by atoms with van der Waals surface area (Å²) in [5, 5.41) is 10.7. The molecule has 0 radical (unpaired) electrons. The number of allylic oxidation sites excluding steroid dienone is 1. The zero-order valence-corrected chi connectivity index (χ0v) is 12.9. The van der Waals surface area contributed by atoms with E-state index in [1.807, 2.05) is 0 Å². The Morgan fingerprint density at radius 2 is 2.20 bits per heavy atom. The number of carbonyl (C=O) groups excluding carboxylic acids is 1. The number of hydrogen-bond donors (Lipinski definition) is 1. The van der Waals surface area contributed by atoms with Crippen LogP contribution in [0.3, 0.4) is 0 Å². The Bertz CT molecular complexity index is 379. The van der Waals surface area contributed by atoms with Crippen LogP contribution in [0, 0.1) is 0 Å². The van der Waals surface area contributed by atoms with Crippen LogP contribution in [0.5, 0.6) is 0 Å². The Morgan fingerprint density at radius 1 is 1.40 bits per heavy atom. The number of rotatable bonds is 4. The molecule has 0 aromatic rings. The molecule has 4 heteroatoms. The summed E-state index contributed by atoms with van der Waals surface area (Å²) in [6, 6.07) is 0. The van der Waals surface area contributed by atoms with Gasteiger partial charge in [-0.05, 0) is 45.1 Å². The van der Waals surface area contributed by atoms with E-state index in [4.69, 9.17) is 0 Å². The fourth-order valence-electron chi connectivity index (χ4n) is 3.26. The van der Waals surface area contributed by atoms with Crippen LogP contribution in [0.25, 0.3) is 0 Å². The van der Waals surface area contributed by atoms with E-state index in [1.165, 1.54) is 31.3 Å². The van der Waals surface area contributed by atoms with Gasteiger partial charge in [0.2, 0.25) is 5.91 Å². The number of piperidine rings is 1.